The van der Waals surface area contributed by atoms with Gasteiger partial charge in [0.25, 0.3) is 0 Å². The highest BCUT2D eigenvalue weighted by Crippen LogP contribution is 2.34. The number of hydrogen-bond acceptors (Lipinski definition) is 6. The Morgan fingerprint density at radius 3 is 3.00 bits per heavy atom. The number of likely N-dealkylation sites (N-methyl/N-ethyl adjacent to an activating group) is 1. The molecule has 3 N–H and O–H groups in total. The molecule has 1 aromatic rings. The summed E-state index contributed by atoms with van der Waals surface area (Å²) in [4.78, 5) is 3.50. The molecule has 6 heteroatoms. The van der Waals surface area contributed by atoms with E-state index < -0.39 is 0 Å². The Bertz CT molecular complexity index is 349. The van der Waals surface area contributed by atoms with Gasteiger partial charge in [0.1, 0.15) is 5.00 Å². The molecule has 0 aromatic carbocycles. The van der Waals surface area contributed by atoms with Gasteiger partial charge in [-0.05, 0) is 37.7 Å². The molecule has 1 heterocycles. The standard InChI is InChI=1S/C10H18N4S2/c1-14(7-3-4-7)6-5-12-10-8(15-2)9(11)13-16-10/h7,12H,3-6H2,1-2H3,(H2,11,13). The molecule has 90 valence electrons. The molecular formula is C10H18N4S2. The summed E-state index contributed by atoms with van der Waals surface area (Å²) in [5, 5.41) is 4.52. The molecule has 1 aliphatic carbocycles. The van der Waals surface area contributed by atoms with Gasteiger partial charge in [-0.15, -0.1) is 11.8 Å². The maximum atomic E-state index is 5.77. The van der Waals surface area contributed by atoms with Gasteiger partial charge in [0.2, 0.25) is 0 Å². The summed E-state index contributed by atoms with van der Waals surface area (Å²) in [6, 6.07) is 0.827. The van der Waals surface area contributed by atoms with Crippen molar-refractivity contribution >= 4 is 34.1 Å². The molecule has 0 radical (unpaired) electrons. The monoisotopic (exact) mass is 258 g/mol. The number of hydrogen-bond donors (Lipinski definition) is 2. The van der Waals surface area contributed by atoms with Gasteiger partial charge in [-0.2, -0.15) is 4.37 Å². The zero-order valence-corrected chi connectivity index (χ0v) is 11.3. The molecule has 0 unspecified atom stereocenters. The van der Waals surface area contributed by atoms with Gasteiger partial charge in [0.15, 0.2) is 5.82 Å². The Balaban J connectivity index is 1.79. The normalized spacial score (nSPS) is 15.7. The first-order valence-corrected chi connectivity index (χ1v) is 7.45. The summed E-state index contributed by atoms with van der Waals surface area (Å²) >= 11 is 3.10. The van der Waals surface area contributed by atoms with Crippen molar-refractivity contribution in [1.29, 1.82) is 0 Å². The summed E-state index contributed by atoms with van der Waals surface area (Å²) in [5.41, 5.74) is 5.77. The summed E-state index contributed by atoms with van der Waals surface area (Å²) in [5.74, 6) is 0.649. The van der Waals surface area contributed by atoms with E-state index in [1.165, 1.54) is 24.4 Å². The number of nitrogen functional groups attached to an aromatic ring is 1. The fourth-order valence-electron chi connectivity index (χ4n) is 1.65. The van der Waals surface area contributed by atoms with E-state index in [9.17, 15) is 0 Å². The van der Waals surface area contributed by atoms with Crippen molar-refractivity contribution in [1.82, 2.24) is 9.27 Å². The van der Waals surface area contributed by atoms with Crippen molar-refractivity contribution in [2.45, 2.75) is 23.8 Å². The Labute approximate surface area is 105 Å². The lowest BCUT2D eigenvalue weighted by Gasteiger charge is -2.15. The second-order valence-electron chi connectivity index (χ2n) is 4.07. The molecule has 16 heavy (non-hydrogen) atoms. The molecule has 0 atom stereocenters. The van der Waals surface area contributed by atoms with E-state index in [0.29, 0.717) is 5.82 Å². The van der Waals surface area contributed by atoms with Crippen LogP contribution in [0.2, 0.25) is 0 Å². The lowest BCUT2D eigenvalue weighted by Crippen LogP contribution is -2.26. The molecule has 1 fully saturated rings. The first kappa shape index (κ1) is 12.0. The zero-order chi connectivity index (χ0) is 11.5. The van der Waals surface area contributed by atoms with Crippen molar-refractivity contribution in [3.05, 3.63) is 0 Å². The van der Waals surface area contributed by atoms with Crippen LogP contribution in [-0.2, 0) is 0 Å². The Morgan fingerprint density at radius 2 is 2.38 bits per heavy atom. The van der Waals surface area contributed by atoms with Gasteiger partial charge in [0, 0.05) is 19.1 Å². The fourth-order valence-corrected chi connectivity index (χ4v) is 3.21. The second kappa shape index (κ2) is 5.25. The van der Waals surface area contributed by atoms with Gasteiger partial charge >= 0.3 is 0 Å². The van der Waals surface area contributed by atoms with Crippen molar-refractivity contribution in [2.75, 3.05) is 37.4 Å². The molecular weight excluding hydrogens is 240 g/mol. The van der Waals surface area contributed by atoms with Gasteiger partial charge in [0.05, 0.1) is 4.90 Å². The highest BCUT2D eigenvalue weighted by Gasteiger charge is 2.25. The van der Waals surface area contributed by atoms with Crippen LogP contribution in [0.4, 0.5) is 10.8 Å². The largest absolute Gasteiger partial charge is 0.382 e. The smallest absolute Gasteiger partial charge is 0.153 e. The molecule has 4 nitrogen and oxygen atoms in total. The van der Waals surface area contributed by atoms with Crippen LogP contribution in [-0.4, -0.2) is 41.7 Å². The van der Waals surface area contributed by atoms with Crippen LogP contribution in [0.5, 0.6) is 0 Å². The highest BCUT2D eigenvalue weighted by molar-refractivity contribution is 7.99. The quantitative estimate of drug-likeness (QED) is 0.764. The SMILES string of the molecule is CSc1c(N)nsc1NCCN(C)C1CC1. The number of nitrogens with one attached hydrogen (secondary N) is 1. The molecule has 2 rings (SSSR count). The van der Waals surface area contributed by atoms with Gasteiger partial charge < -0.3 is 16.0 Å². The Morgan fingerprint density at radius 1 is 1.62 bits per heavy atom. The molecule has 0 spiro atoms. The van der Waals surface area contributed by atoms with Crippen molar-refractivity contribution < 1.29 is 0 Å². The molecule has 1 saturated carbocycles. The summed E-state index contributed by atoms with van der Waals surface area (Å²) < 4.78 is 4.16. The van der Waals surface area contributed by atoms with Crippen LogP contribution in [0.25, 0.3) is 0 Å². The first-order chi connectivity index (χ1) is 7.72. The molecule has 0 aliphatic heterocycles. The topological polar surface area (TPSA) is 54.2 Å². The van der Waals surface area contributed by atoms with Gasteiger partial charge in [-0.3, -0.25) is 0 Å². The third kappa shape index (κ3) is 2.81. The lowest BCUT2D eigenvalue weighted by molar-refractivity contribution is 0.337. The molecule has 0 amide bonds. The van der Waals surface area contributed by atoms with Crippen molar-refractivity contribution in [3.63, 3.8) is 0 Å². The van der Waals surface area contributed by atoms with E-state index in [0.717, 1.165) is 29.0 Å². The zero-order valence-electron chi connectivity index (χ0n) is 9.69. The van der Waals surface area contributed by atoms with Crippen LogP contribution in [0.1, 0.15) is 12.8 Å². The predicted molar refractivity (Wildman–Crippen MR) is 72.4 cm³/mol. The average Bonchev–Trinajstić information content (AvgIpc) is 3.05. The predicted octanol–water partition coefficient (Wildman–Crippen LogP) is 1.95. The number of anilines is 2. The van der Waals surface area contributed by atoms with Crippen molar-refractivity contribution in [3.8, 4) is 0 Å². The van der Waals surface area contributed by atoms with Crippen LogP contribution in [0, 0.1) is 0 Å². The maximum Gasteiger partial charge on any atom is 0.153 e. The van der Waals surface area contributed by atoms with Crippen LogP contribution in [0.15, 0.2) is 4.90 Å². The number of nitrogens with zero attached hydrogens (tertiary/aromatic N) is 2. The van der Waals surface area contributed by atoms with E-state index in [4.69, 9.17) is 5.73 Å². The van der Waals surface area contributed by atoms with Gasteiger partial charge in [-0.1, -0.05) is 0 Å². The third-order valence-electron chi connectivity index (χ3n) is 2.80. The number of rotatable bonds is 6. The Kier molecular flexibility index (Phi) is 3.94. The van der Waals surface area contributed by atoms with Crippen LogP contribution >= 0.6 is 23.3 Å². The number of nitrogens with two attached hydrogens (primary N) is 1. The van der Waals surface area contributed by atoms with Gasteiger partial charge in [-0.25, -0.2) is 0 Å². The second-order valence-corrected chi connectivity index (χ2v) is 5.66. The Hall–Kier alpha value is -0.460. The van der Waals surface area contributed by atoms with Crippen LogP contribution in [0.3, 0.4) is 0 Å². The number of thioether (sulfide) groups is 1. The minimum atomic E-state index is 0.649. The molecule has 1 aromatic heterocycles. The highest BCUT2D eigenvalue weighted by atomic mass is 32.2. The van der Waals surface area contributed by atoms with Crippen molar-refractivity contribution in [2.24, 2.45) is 0 Å². The molecule has 0 bridgehead atoms. The van der Waals surface area contributed by atoms with E-state index in [-0.39, 0.29) is 0 Å². The minimum absolute atomic E-state index is 0.649. The molecule has 0 saturated heterocycles. The van der Waals surface area contributed by atoms with E-state index in [1.807, 2.05) is 6.26 Å². The van der Waals surface area contributed by atoms with E-state index >= 15 is 0 Å². The van der Waals surface area contributed by atoms with Crippen LogP contribution < -0.4 is 11.1 Å². The summed E-state index contributed by atoms with van der Waals surface area (Å²) in [7, 11) is 2.19. The summed E-state index contributed by atoms with van der Waals surface area (Å²) in [6.07, 6.45) is 4.75. The minimum Gasteiger partial charge on any atom is -0.382 e. The number of aromatic nitrogens is 1. The summed E-state index contributed by atoms with van der Waals surface area (Å²) in [6.45, 7) is 2.04. The average molecular weight is 258 g/mol. The third-order valence-corrected chi connectivity index (χ3v) is 4.57. The first-order valence-electron chi connectivity index (χ1n) is 5.45. The fraction of sp³-hybridized carbons (Fsp3) is 0.700. The maximum absolute atomic E-state index is 5.77. The molecule has 1 aliphatic rings. The van der Waals surface area contributed by atoms with E-state index in [1.54, 1.807) is 11.8 Å². The van der Waals surface area contributed by atoms with E-state index in [2.05, 4.69) is 21.6 Å². The lowest BCUT2D eigenvalue weighted by atomic mass is 10.5.